The molecule has 0 aliphatic rings. The molecule has 4 nitrogen and oxygen atoms in total. The van der Waals surface area contributed by atoms with Crippen LogP contribution in [0.3, 0.4) is 0 Å². The summed E-state index contributed by atoms with van der Waals surface area (Å²) >= 11 is 0. The molecule has 0 aliphatic heterocycles. The van der Waals surface area contributed by atoms with E-state index >= 15 is 0 Å². The van der Waals surface area contributed by atoms with Crippen LogP contribution in [0.25, 0.3) is 10.9 Å². The molecule has 4 heteroatoms. The first-order valence-corrected chi connectivity index (χ1v) is 7.07. The fourth-order valence-electron chi connectivity index (χ4n) is 2.45. The van der Waals surface area contributed by atoms with Gasteiger partial charge in [0.2, 0.25) is 0 Å². The van der Waals surface area contributed by atoms with Crippen LogP contribution in [-0.2, 0) is 6.42 Å². The van der Waals surface area contributed by atoms with Crippen molar-refractivity contribution in [3.05, 3.63) is 60.0 Å². The lowest BCUT2D eigenvalue weighted by atomic mass is 10.1. The number of aromatic nitrogens is 2. The zero-order chi connectivity index (χ0) is 14.7. The Kier molecular flexibility index (Phi) is 3.88. The highest BCUT2D eigenvalue weighted by molar-refractivity contribution is 5.83. The molecule has 0 saturated heterocycles. The largest absolute Gasteiger partial charge is 0.490 e. The van der Waals surface area contributed by atoms with Crippen molar-refractivity contribution in [2.45, 2.75) is 19.4 Å². The third kappa shape index (κ3) is 3.23. The number of rotatable bonds is 5. The number of fused-ring (bicyclic) bond motifs is 1. The highest BCUT2D eigenvalue weighted by Gasteiger charge is 2.09. The first-order valence-electron chi connectivity index (χ1n) is 7.07. The van der Waals surface area contributed by atoms with Gasteiger partial charge in [0.05, 0.1) is 6.20 Å². The normalized spacial score (nSPS) is 12.5. The van der Waals surface area contributed by atoms with Crippen molar-refractivity contribution in [3.63, 3.8) is 0 Å². The summed E-state index contributed by atoms with van der Waals surface area (Å²) in [6.07, 6.45) is 6.33. The van der Waals surface area contributed by atoms with Gasteiger partial charge in [-0.2, -0.15) is 0 Å². The number of hydrogen-bond donors (Lipinski definition) is 2. The maximum absolute atomic E-state index is 6.18. The summed E-state index contributed by atoms with van der Waals surface area (Å²) in [5, 5.41) is 1.23. The van der Waals surface area contributed by atoms with Crippen LogP contribution in [0.4, 0.5) is 0 Å². The van der Waals surface area contributed by atoms with E-state index in [9.17, 15) is 0 Å². The molecule has 3 aromatic rings. The summed E-state index contributed by atoms with van der Waals surface area (Å²) in [6.45, 7) is 2.47. The second-order valence-electron chi connectivity index (χ2n) is 5.33. The Morgan fingerprint density at radius 3 is 3.00 bits per heavy atom. The molecule has 0 unspecified atom stereocenters. The van der Waals surface area contributed by atoms with Crippen LogP contribution in [0.1, 0.15) is 11.1 Å². The van der Waals surface area contributed by atoms with E-state index in [1.807, 2.05) is 31.3 Å². The summed E-state index contributed by atoms with van der Waals surface area (Å²) < 4.78 is 5.71. The van der Waals surface area contributed by atoms with Gasteiger partial charge in [-0.25, -0.2) is 0 Å². The molecule has 2 heterocycles. The van der Waals surface area contributed by atoms with Gasteiger partial charge in [-0.05, 0) is 36.6 Å². The SMILES string of the molecule is Cc1cncc(OC[C@@H](N)Cc2c[nH]c3ccccc23)c1. The Balaban J connectivity index is 1.62. The van der Waals surface area contributed by atoms with E-state index in [-0.39, 0.29) is 6.04 Å². The fraction of sp³-hybridized carbons (Fsp3) is 0.235. The van der Waals surface area contributed by atoms with E-state index in [1.54, 1.807) is 12.4 Å². The van der Waals surface area contributed by atoms with Gasteiger partial charge in [0.1, 0.15) is 12.4 Å². The van der Waals surface area contributed by atoms with Crippen LogP contribution in [0.15, 0.2) is 48.9 Å². The van der Waals surface area contributed by atoms with Gasteiger partial charge >= 0.3 is 0 Å². The van der Waals surface area contributed by atoms with Crippen LogP contribution in [0, 0.1) is 6.92 Å². The Hall–Kier alpha value is -2.33. The van der Waals surface area contributed by atoms with Crippen molar-refractivity contribution in [2.24, 2.45) is 5.73 Å². The molecule has 3 rings (SSSR count). The molecule has 108 valence electrons. The molecule has 3 N–H and O–H groups in total. The number of para-hydroxylation sites is 1. The van der Waals surface area contributed by atoms with Crippen molar-refractivity contribution in [1.29, 1.82) is 0 Å². The van der Waals surface area contributed by atoms with Crippen LogP contribution in [-0.4, -0.2) is 22.6 Å². The maximum atomic E-state index is 6.18. The molecule has 0 fully saturated rings. The van der Waals surface area contributed by atoms with Gasteiger partial charge in [-0.1, -0.05) is 18.2 Å². The monoisotopic (exact) mass is 281 g/mol. The minimum Gasteiger partial charge on any atom is -0.490 e. The van der Waals surface area contributed by atoms with E-state index in [1.165, 1.54) is 10.9 Å². The second kappa shape index (κ2) is 5.97. The fourth-order valence-corrected chi connectivity index (χ4v) is 2.45. The summed E-state index contributed by atoms with van der Waals surface area (Å²) in [5.41, 5.74) is 9.63. The lowest BCUT2D eigenvalue weighted by Gasteiger charge is -2.13. The van der Waals surface area contributed by atoms with Gasteiger partial charge in [0.15, 0.2) is 0 Å². The molecule has 0 bridgehead atoms. The second-order valence-corrected chi connectivity index (χ2v) is 5.33. The van der Waals surface area contributed by atoms with Crippen molar-refractivity contribution in [3.8, 4) is 5.75 Å². The number of nitrogens with zero attached hydrogens (tertiary/aromatic N) is 1. The zero-order valence-corrected chi connectivity index (χ0v) is 12.0. The Morgan fingerprint density at radius 2 is 2.14 bits per heavy atom. The Bertz CT molecular complexity index is 735. The van der Waals surface area contributed by atoms with Gasteiger partial charge in [0, 0.05) is 29.3 Å². The third-order valence-corrected chi connectivity index (χ3v) is 3.47. The molecule has 1 atom stereocenters. The van der Waals surface area contributed by atoms with Gasteiger partial charge in [0.25, 0.3) is 0 Å². The Morgan fingerprint density at radius 1 is 1.29 bits per heavy atom. The van der Waals surface area contributed by atoms with Gasteiger partial charge < -0.3 is 15.5 Å². The molecule has 0 spiro atoms. The molecule has 1 aromatic carbocycles. The van der Waals surface area contributed by atoms with E-state index in [0.29, 0.717) is 6.61 Å². The maximum Gasteiger partial charge on any atom is 0.137 e. The van der Waals surface area contributed by atoms with Crippen LogP contribution < -0.4 is 10.5 Å². The van der Waals surface area contributed by atoms with E-state index in [2.05, 4.69) is 22.1 Å². The number of pyridine rings is 1. The predicted molar refractivity (Wildman–Crippen MR) is 84.4 cm³/mol. The summed E-state index contributed by atoms with van der Waals surface area (Å²) in [7, 11) is 0. The topological polar surface area (TPSA) is 63.9 Å². The van der Waals surface area contributed by atoms with E-state index < -0.39 is 0 Å². The lowest BCUT2D eigenvalue weighted by molar-refractivity contribution is 0.286. The zero-order valence-electron chi connectivity index (χ0n) is 12.0. The van der Waals surface area contributed by atoms with Crippen molar-refractivity contribution in [1.82, 2.24) is 9.97 Å². The predicted octanol–water partition coefficient (Wildman–Crippen LogP) is 2.82. The molecule has 2 aromatic heterocycles. The van der Waals surface area contributed by atoms with Crippen LogP contribution >= 0.6 is 0 Å². The quantitative estimate of drug-likeness (QED) is 0.756. The number of ether oxygens (including phenoxy) is 1. The molecular weight excluding hydrogens is 262 g/mol. The highest BCUT2D eigenvalue weighted by Crippen LogP contribution is 2.19. The van der Waals surface area contributed by atoms with Crippen molar-refractivity contribution < 1.29 is 4.74 Å². The van der Waals surface area contributed by atoms with E-state index in [4.69, 9.17) is 10.5 Å². The number of nitrogens with two attached hydrogens (primary N) is 1. The molecule has 21 heavy (non-hydrogen) atoms. The first kappa shape index (κ1) is 13.6. The standard InChI is InChI=1S/C17H19N3O/c1-12-6-15(10-19-8-12)21-11-14(18)7-13-9-20-17-5-3-2-4-16(13)17/h2-6,8-10,14,20H,7,11,18H2,1H3/t14-/m0/s1. The lowest BCUT2D eigenvalue weighted by Crippen LogP contribution is -2.30. The van der Waals surface area contributed by atoms with Gasteiger partial charge in [-0.3, -0.25) is 4.98 Å². The number of hydrogen-bond acceptors (Lipinski definition) is 3. The Labute approximate surface area is 124 Å². The number of aromatic amines is 1. The highest BCUT2D eigenvalue weighted by atomic mass is 16.5. The molecule has 0 amide bonds. The average Bonchev–Trinajstić information content (AvgIpc) is 2.89. The third-order valence-electron chi connectivity index (χ3n) is 3.47. The van der Waals surface area contributed by atoms with Crippen molar-refractivity contribution in [2.75, 3.05) is 6.61 Å². The van der Waals surface area contributed by atoms with Crippen molar-refractivity contribution >= 4 is 10.9 Å². The average molecular weight is 281 g/mol. The minimum absolute atomic E-state index is 0.0512. The molecule has 0 radical (unpaired) electrons. The summed E-state index contributed by atoms with van der Waals surface area (Å²) in [5.74, 6) is 0.768. The van der Waals surface area contributed by atoms with E-state index in [0.717, 1.165) is 23.3 Å². The first-order chi connectivity index (χ1) is 10.2. The van der Waals surface area contributed by atoms with Crippen LogP contribution in [0.2, 0.25) is 0 Å². The number of aryl methyl sites for hydroxylation is 1. The number of benzene rings is 1. The summed E-state index contributed by atoms with van der Waals surface area (Å²) in [6, 6.07) is 10.2. The number of H-pyrrole nitrogens is 1. The minimum atomic E-state index is -0.0512. The molecular formula is C17H19N3O. The van der Waals surface area contributed by atoms with Crippen LogP contribution in [0.5, 0.6) is 5.75 Å². The number of nitrogens with one attached hydrogen (secondary N) is 1. The molecule has 0 aliphatic carbocycles. The summed E-state index contributed by atoms with van der Waals surface area (Å²) in [4.78, 5) is 7.38. The smallest absolute Gasteiger partial charge is 0.137 e. The molecule has 0 saturated carbocycles. The van der Waals surface area contributed by atoms with Gasteiger partial charge in [-0.15, -0.1) is 0 Å².